The van der Waals surface area contributed by atoms with Gasteiger partial charge in [0, 0.05) is 49.7 Å². The number of hydrogen-bond acceptors (Lipinski definition) is 8. The molecular formula is C27H40N8O2. The minimum atomic E-state index is -0.187. The molecule has 4 aliphatic rings. The van der Waals surface area contributed by atoms with E-state index in [1.54, 1.807) is 0 Å². The summed E-state index contributed by atoms with van der Waals surface area (Å²) in [5.41, 5.74) is 3.13. The highest BCUT2D eigenvalue weighted by Crippen LogP contribution is 2.43. The summed E-state index contributed by atoms with van der Waals surface area (Å²) in [5.74, 6) is 2.03. The van der Waals surface area contributed by atoms with Crippen LogP contribution in [-0.2, 0) is 4.74 Å². The molecule has 2 aromatic rings. The van der Waals surface area contributed by atoms with Gasteiger partial charge in [-0.1, -0.05) is 0 Å². The van der Waals surface area contributed by atoms with Crippen LogP contribution in [0.2, 0.25) is 0 Å². The van der Waals surface area contributed by atoms with Crippen LogP contribution >= 0.6 is 0 Å². The number of fused-ring (bicyclic) bond motifs is 2. The van der Waals surface area contributed by atoms with Gasteiger partial charge in [0.1, 0.15) is 5.82 Å². The highest BCUT2D eigenvalue weighted by molar-refractivity contribution is 5.67. The first-order valence-corrected chi connectivity index (χ1v) is 14.1. The normalized spacial score (nSPS) is 26.2. The Hall–Kier alpha value is -2.88. The van der Waals surface area contributed by atoms with Gasteiger partial charge in [0.15, 0.2) is 0 Å². The van der Waals surface area contributed by atoms with Crippen molar-refractivity contribution in [3.8, 4) is 0 Å². The predicted molar refractivity (Wildman–Crippen MR) is 142 cm³/mol. The largest absolute Gasteiger partial charge is 0.449 e. The molecule has 2 atom stereocenters. The zero-order valence-corrected chi connectivity index (χ0v) is 22.2. The number of amides is 1. The minimum absolute atomic E-state index is 0.187. The van der Waals surface area contributed by atoms with Crippen molar-refractivity contribution >= 4 is 23.5 Å². The summed E-state index contributed by atoms with van der Waals surface area (Å²) in [4.78, 5) is 26.0. The second-order valence-corrected chi connectivity index (χ2v) is 11.3. The molecule has 37 heavy (non-hydrogen) atoms. The number of rotatable bonds is 9. The monoisotopic (exact) mass is 508 g/mol. The smallest absolute Gasteiger partial charge is 0.409 e. The average Bonchev–Trinajstić information content (AvgIpc) is 3.67. The van der Waals surface area contributed by atoms with Crippen LogP contribution in [0.3, 0.4) is 0 Å². The van der Waals surface area contributed by atoms with E-state index >= 15 is 0 Å². The number of carbonyl (C=O) groups is 1. The number of aromatic nitrogens is 4. The third kappa shape index (κ3) is 5.39. The Morgan fingerprint density at radius 1 is 1.11 bits per heavy atom. The lowest BCUT2D eigenvalue weighted by Gasteiger charge is -2.36. The first kappa shape index (κ1) is 24.5. The molecule has 1 saturated carbocycles. The fraction of sp³-hybridized carbons (Fsp3) is 0.704. The van der Waals surface area contributed by atoms with Gasteiger partial charge in [0.25, 0.3) is 0 Å². The average molecular weight is 509 g/mol. The van der Waals surface area contributed by atoms with Crippen LogP contribution in [0, 0.1) is 6.92 Å². The van der Waals surface area contributed by atoms with Gasteiger partial charge < -0.3 is 25.2 Å². The molecular weight excluding hydrogens is 468 g/mol. The van der Waals surface area contributed by atoms with Gasteiger partial charge in [-0.05, 0) is 77.7 Å². The van der Waals surface area contributed by atoms with Crippen LogP contribution in [0.25, 0.3) is 0 Å². The van der Waals surface area contributed by atoms with E-state index < -0.39 is 0 Å². The van der Waals surface area contributed by atoms with Crippen molar-refractivity contribution in [2.24, 2.45) is 0 Å². The molecule has 3 aliphatic heterocycles. The first-order chi connectivity index (χ1) is 18.0. The maximum absolute atomic E-state index is 12.1. The van der Waals surface area contributed by atoms with Crippen molar-refractivity contribution in [1.82, 2.24) is 29.5 Å². The molecule has 6 rings (SSSR count). The van der Waals surface area contributed by atoms with Crippen molar-refractivity contribution in [3.63, 3.8) is 0 Å². The molecule has 1 aliphatic carbocycles. The van der Waals surface area contributed by atoms with E-state index in [4.69, 9.17) is 14.8 Å². The maximum Gasteiger partial charge on any atom is 0.409 e. The summed E-state index contributed by atoms with van der Waals surface area (Å²) in [5, 5.41) is 11.8. The van der Waals surface area contributed by atoms with Gasteiger partial charge >= 0.3 is 6.09 Å². The minimum Gasteiger partial charge on any atom is -0.449 e. The molecule has 1 amide bonds. The van der Waals surface area contributed by atoms with E-state index in [2.05, 4.69) is 38.4 Å². The Balaban J connectivity index is 1.09. The maximum atomic E-state index is 12.1. The van der Waals surface area contributed by atoms with E-state index in [-0.39, 0.29) is 6.09 Å². The summed E-state index contributed by atoms with van der Waals surface area (Å²) in [6, 6.07) is 1.82. The molecule has 4 fully saturated rings. The number of hydrogen-bond donors (Lipinski definition) is 2. The molecule has 0 radical (unpaired) electrons. The van der Waals surface area contributed by atoms with Gasteiger partial charge in [-0.3, -0.25) is 4.68 Å². The van der Waals surface area contributed by atoms with E-state index in [1.165, 1.54) is 44.1 Å². The quantitative estimate of drug-likeness (QED) is 0.480. The topological polar surface area (TPSA) is 100 Å². The van der Waals surface area contributed by atoms with Crippen LogP contribution in [-0.4, -0.2) is 81.0 Å². The predicted octanol–water partition coefficient (Wildman–Crippen LogP) is 4.43. The number of ether oxygens (including phenoxy) is 1. The Morgan fingerprint density at radius 2 is 1.92 bits per heavy atom. The summed E-state index contributed by atoms with van der Waals surface area (Å²) < 4.78 is 7.43. The lowest BCUT2D eigenvalue weighted by molar-refractivity contribution is 0.116. The first-order valence-electron chi connectivity index (χ1n) is 14.1. The zero-order valence-electron chi connectivity index (χ0n) is 22.2. The molecule has 3 saturated heterocycles. The number of nitrogens with zero attached hydrogens (tertiary/aromatic N) is 6. The van der Waals surface area contributed by atoms with Crippen molar-refractivity contribution in [1.29, 1.82) is 0 Å². The van der Waals surface area contributed by atoms with Crippen molar-refractivity contribution in [3.05, 3.63) is 23.7 Å². The second kappa shape index (κ2) is 10.5. The van der Waals surface area contributed by atoms with Crippen LogP contribution in [0.15, 0.2) is 12.4 Å². The molecule has 2 unspecified atom stereocenters. The van der Waals surface area contributed by atoms with Crippen LogP contribution in [0.5, 0.6) is 0 Å². The van der Waals surface area contributed by atoms with Crippen molar-refractivity contribution < 1.29 is 9.53 Å². The molecule has 200 valence electrons. The van der Waals surface area contributed by atoms with Gasteiger partial charge in [-0.15, -0.1) is 0 Å². The standard InChI is InChI=1S/C27H40N8O2/c1-18-24(17-35(32-18)22-14-20-8-9-21(15-22)33(20)2)30-26-29-16-23(19-6-7-19)25(31-26)28-10-5-12-34-11-3-4-13-37-27(34)36/h16-17,19-22H,3-15H2,1-2H3,(H2,28,29,30,31). The Morgan fingerprint density at radius 3 is 2.70 bits per heavy atom. The second-order valence-electron chi connectivity index (χ2n) is 11.3. The third-order valence-electron chi connectivity index (χ3n) is 8.65. The van der Waals surface area contributed by atoms with Gasteiger partial charge in [-0.25, -0.2) is 9.78 Å². The molecule has 0 spiro atoms. The third-order valence-corrected chi connectivity index (χ3v) is 8.65. The molecule has 2 aromatic heterocycles. The van der Waals surface area contributed by atoms with E-state index in [0.717, 1.165) is 49.6 Å². The highest BCUT2D eigenvalue weighted by atomic mass is 16.6. The molecule has 0 aromatic carbocycles. The summed E-state index contributed by atoms with van der Waals surface area (Å²) in [6.07, 6.45) is 14.0. The van der Waals surface area contributed by atoms with Gasteiger partial charge in [0.05, 0.1) is 24.0 Å². The lowest BCUT2D eigenvalue weighted by atomic mass is 9.98. The highest BCUT2D eigenvalue weighted by Gasteiger charge is 2.39. The fourth-order valence-electron chi connectivity index (χ4n) is 6.22. The van der Waals surface area contributed by atoms with Crippen LogP contribution in [0.4, 0.5) is 22.2 Å². The van der Waals surface area contributed by atoms with Crippen LogP contribution in [0.1, 0.15) is 81.0 Å². The lowest BCUT2D eigenvalue weighted by Crippen LogP contribution is -2.40. The van der Waals surface area contributed by atoms with E-state index in [9.17, 15) is 4.79 Å². The number of aryl methyl sites for hydroxylation is 1. The summed E-state index contributed by atoms with van der Waals surface area (Å²) in [7, 11) is 2.27. The van der Waals surface area contributed by atoms with Crippen LogP contribution < -0.4 is 10.6 Å². The van der Waals surface area contributed by atoms with E-state index in [1.807, 2.05) is 18.0 Å². The molecule has 2 bridgehead atoms. The zero-order chi connectivity index (χ0) is 25.4. The van der Waals surface area contributed by atoms with Gasteiger partial charge in [0.2, 0.25) is 5.95 Å². The number of carbonyl (C=O) groups excluding carboxylic acids is 1. The summed E-state index contributed by atoms with van der Waals surface area (Å²) in [6.45, 7) is 4.80. The molecule has 5 heterocycles. The number of piperidine rings is 1. The number of cyclic esters (lactones) is 1. The molecule has 10 heteroatoms. The molecule has 10 nitrogen and oxygen atoms in total. The Bertz CT molecular complexity index is 1100. The van der Waals surface area contributed by atoms with Gasteiger partial charge in [-0.2, -0.15) is 10.1 Å². The summed E-state index contributed by atoms with van der Waals surface area (Å²) >= 11 is 0. The molecule has 2 N–H and O–H groups in total. The number of nitrogens with one attached hydrogen (secondary N) is 2. The van der Waals surface area contributed by atoms with E-state index in [0.29, 0.717) is 43.1 Å². The van der Waals surface area contributed by atoms with Crippen molar-refractivity contribution in [2.75, 3.05) is 43.9 Å². The van der Waals surface area contributed by atoms with Crippen molar-refractivity contribution in [2.45, 2.75) is 88.8 Å². The Labute approximate surface area is 219 Å². The SMILES string of the molecule is Cc1nn(C2CC3CCC(C2)N3C)cc1Nc1ncc(C2CC2)c(NCCCN2CCCCOC2=O)n1. The Kier molecular flexibility index (Phi) is 6.92. The number of anilines is 3. The fourth-order valence-corrected chi connectivity index (χ4v) is 6.22.